The van der Waals surface area contributed by atoms with Crippen LogP contribution < -0.4 is 5.73 Å². The quantitative estimate of drug-likeness (QED) is 0.672. The van der Waals surface area contributed by atoms with Crippen molar-refractivity contribution in [3.05, 3.63) is 42.5 Å². The molecular formula is C23H29FN6. The first-order chi connectivity index (χ1) is 14.6. The van der Waals surface area contributed by atoms with E-state index in [9.17, 15) is 4.39 Å². The second kappa shape index (κ2) is 7.96. The number of nitrogen functional groups attached to an aromatic ring is 1. The molecule has 2 aromatic heterocycles. The Morgan fingerprint density at radius 1 is 1.00 bits per heavy atom. The second-order valence-corrected chi connectivity index (χ2v) is 8.72. The number of nitrogens with zero attached hydrogens (tertiary/aromatic N) is 5. The number of fused-ring (bicyclic) bond motifs is 1. The summed E-state index contributed by atoms with van der Waals surface area (Å²) in [4.78, 5) is 9.38. The number of nitrogens with two attached hydrogens (primary N) is 1. The van der Waals surface area contributed by atoms with Crippen molar-refractivity contribution >= 4 is 16.6 Å². The average molecular weight is 409 g/mol. The fraction of sp³-hybridized carbons (Fsp3) is 0.478. The highest BCUT2D eigenvalue weighted by atomic mass is 19.1. The molecule has 0 atom stereocenters. The fourth-order valence-electron chi connectivity index (χ4n) is 5.01. The van der Waals surface area contributed by atoms with Gasteiger partial charge in [0.05, 0.1) is 17.2 Å². The van der Waals surface area contributed by atoms with E-state index >= 15 is 0 Å². The van der Waals surface area contributed by atoms with Gasteiger partial charge in [0.15, 0.2) is 0 Å². The maximum absolute atomic E-state index is 14.1. The molecule has 2 aliphatic rings. The first-order valence-corrected chi connectivity index (χ1v) is 10.9. The number of anilines is 1. The molecule has 1 aromatic carbocycles. The smallest absolute Gasteiger partial charge is 0.146 e. The molecular weight excluding hydrogens is 379 g/mol. The van der Waals surface area contributed by atoms with Gasteiger partial charge in [-0.2, -0.15) is 5.10 Å². The van der Waals surface area contributed by atoms with Crippen LogP contribution in [0.1, 0.15) is 31.7 Å². The highest BCUT2D eigenvalue weighted by Crippen LogP contribution is 2.36. The topological polar surface area (TPSA) is 63.2 Å². The monoisotopic (exact) mass is 408 g/mol. The molecule has 0 unspecified atom stereocenters. The molecule has 3 aromatic rings. The minimum atomic E-state index is -0.410. The summed E-state index contributed by atoms with van der Waals surface area (Å²) in [6.07, 6.45) is 8.28. The number of aromatic nitrogens is 3. The normalized spacial score (nSPS) is 23.8. The van der Waals surface area contributed by atoms with Gasteiger partial charge in [0, 0.05) is 55.6 Å². The Bertz CT molecular complexity index is 1030. The number of benzene rings is 1. The summed E-state index contributed by atoms with van der Waals surface area (Å²) in [5.74, 6) is -0.410. The number of halogens is 1. The van der Waals surface area contributed by atoms with Gasteiger partial charge in [-0.3, -0.25) is 14.6 Å². The molecule has 0 radical (unpaired) electrons. The maximum atomic E-state index is 14.1. The SMILES string of the molecule is CN1CCN(C2CCC(n3nc(-c4ccc(N)c(F)c4)c4cnccc43)CC2)CC1. The highest BCUT2D eigenvalue weighted by molar-refractivity contribution is 5.92. The highest BCUT2D eigenvalue weighted by Gasteiger charge is 2.29. The third kappa shape index (κ3) is 3.56. The molecule has 0 amide bonds. The first kappa shape index (κ1) is 19.5. The molecule has 0 bridgehead atoms. The van der Waals surface area contributed by atoms with Crippen LogP contribution in [0.25, 0.3) is 22.2 Å². The summed E-state index contributed by atoms with van der Waals surface area (Å²) in [7, 11) is 2.20. The van der Waals surface area contributed by atoms with Gasteiger partial charge in [-0.05, 0) is 50.9 Å². The Labute approximate surface area is 176 Å². The molecule has 158 valence electrons. The molecule has 1 aliphatic carbocycles. The van der Waals surface area contributed by atoms with Crippen LogP contribution in [0.2, 0.25) is 0 Å². The molecule has 30 heavy (non-hydrogen) atoms. The van der Waals surface area contributed by atoms with E-state index in [-0.39, 0.29) is 5.69 Å². The largest absolute Gasteiger partial charge is 0.396 e. The Morgan fingerprint density at radius 3 is 2.47 bits per heavy atom. The average Bonchev–Trinajstić information content (AvgIpc) is 3.16. The molecule has 5 rings (SSSR count). The first-order valence-electron chi connectivity index (χ1n) is 10.9. The van der Waals surface area contributed by atoms with Crippen molar-refractivity contribution in [2.45, 2.75) is 37.8 Å². The zero-order valence-corrected chi connectivity index (χ0v) is 17.5. The van der Waals surface area contributed by atoms with Crippen LogP contribution in [-0.4, -0.2) is 63.8 Å². The number of hydrogen-bond donors (Lipinski definition) is 1. The summed E-state index contributed by atoms with van der Waals surface area (Å²) in [6.45, 7) is 4.68. The molecule has 1 saturated carbocycles. The van der Waals surface area contributed by atoms with Gasteiger partial charge in [0.25, 0.3) is 0 Å². The molecule has 1 aliphatic heterocycles. The molecule has 1 saturated heterocycles. The number of likely N-dealkylation sites (N-methyl/N-ethyl adjacent to an activating group) is 1. The second-order valence-electron chi connectivity index (χ2n) is 8.72. The lowest BCUT2D eigenvalue weighted by molar-refractivity contribution is 0.0816. The van der Waals surface area contributed by atoms with Gasteiger partial charge in [-0.1, -0.05) is 6.07 Å². The van der Waals surface area contributed by atoms with E-state index in [1.165, 1.54) is 32.0 Å². The number of hydrogen-bond acceptors (Lipinski definition) is 5. The van der Waals surface area contributed by atoms with Gasteiger partial charge in [-0.15, -0.1) is 0 Å². The summed E-state index contributed by atoms with van der Waals surface area (Å²) in [6, 6.07) is 7.98. The van der Waals surface area contributed by atoms with Crippen molar-refractivity contribution in [2.24, 2.45) is 0 Å². The summed E-state index contributed by atoms with van der Waals surface area (Å²) in [5, 5.41) is 5.91. The Morgan fingerprint density at radius 2 is 1.73 bits per heavy atom. The Kier molecular flexibility index (Phi) is 5.16. The minimum Gasteiger partial charge on any atom is -0.396 e. The molecule has 2 N–H and O–H groups in total. The standard InChI is InChI=1S/C23H29FN6/c1-28-10-12-29(13-11-28)17-3-5-18(6-4-17)30-22-8-9-26-15-19(22)23(27-30)16-2-7-21(25)20(24)14-16/h2,7-9,14-15,17-18H,3-6,10-13,25H2,1H3. The summed E-state index contributed by atoms with van der Waals surface area (Å²) < 4.78 is 16.2. The number of rotatable bonds is 3. The fourth-order valence-corrected chi connectivity index (χ4v) is 5.01. The maximum Gasteiger partial charge on any atom is 0.146 e. The van der Waals surface area contributed by atoms with E-state index in [0.29, 0.717) is 12.1 Å². The number of piperazine rings is 1. The van der Waals surface area contributed by atoms with Crippen molar-refractivity contribution in [2.75, 3.05) is 39.0 Å². The van der Waals surface area contributed by atoms with Crippen molar-refractivity contribution in [1.29, 1.82) is 0 Å². The van der Waals surface area contributed by atoms with Gasteiger partial charge < -0.3 is 10.6 Å². The zero-order chi connectivity index (χ0) is 20.7. The van der Waals surface area contributed by atoms with E-state index < -0.39 is 5.82 Å². The lowest BCUT2D eigenvalue weighted by atomic mass is 9.89. The molecule has 3 heterocycles. The molecule has 2 fully saturated rings. The Balaban J connectivity index is 1.39. The lowest BCUT2D eigenvalue weighted by Crippen LogP contribution is -2.49. The predicted octanol–water partition coefficient (Wildman–Crippen LogP) is 3.55. The summed E-state index contributed by atoms with van der Waals surface area (Å²) >= 11 is 0. The lowest BCUT2D eigenvalue weighted by Gasteiger charge is -2.41. The van der Waals surface area contributed by atoms with Gasteiger partial charge in [0.1, 0.15) is 11.5 Å². The minimum absolute atomic E-state index is 0.155. The van der Waals surface area contributed by atoms with Crippen molar-refractivity contribution in [3.63, 3.8) is 0 Å². The van der Waals surface area contributed by atoms with E-state index in [0.717, 1.165) is 48.1 Å². The molecule has 6 nitrogen and oxygen atoms in total. The molecule has 0 spiro atoms. The Hall–Kier alpha value is -2.51. The van der Waals surface area contributed by atoms with E-state index in [1.54, 1.807) is 6.07 Å². The van der Waals surface area contributed by atoms with E-state index in [2.05, 4.69) is 26.5 Å². The van der Waals surface area contributed by atoms with Crippen molar-refractivity contribution in [3.8, 4) is 11.3 Å². The van der Waals surface area contributed by atoms with Crippen LogP contribution in [0.3, 0.4) is 0 Å². The van der Waals surface area contributed by atoms with Crippen LogP contribution in [0.5, 0.6) is 0 Å². The van der Waals surface area contributed by atoms with E-state index in [1.807, 2.05) is 24.5 Å². The van der Waals surface area contributed by atoms with Crippen LogP contribution in [0.4, 0.5) is 10.1 Å². The summed E-state index contributed by atoms with van der Waals surface area (Å²) in [5.41, 5.74) is 8.41. The van der Waals surface area contributed by atoms with Gasteiger partial charge >= 0.3 is 0 Å². The van der Waals surface area contributed by atoms with Crippen molar-refractivity contribution < 1.29 is 4.39 Å². The van der Waals surface area contributed by atoms with E-state index in [4.69, 9.17) is 10.8 Å². The zero-order valence-electron chi connectivity index (χ0n) is 17.5. The predicted molar refractivity (Wildman–Crippen MR) is 118 cm³/mol. The van der Waals surface area contributed by atoms with Gasteiger partial charge in [-0.25, -0.2) is 4.39 Å². The van der Waals surface area contributed by atoms with Crippen molar-refractivity contribution in [1.82, 2.24) is 24.6 Å². The van der Waals surface area contributed by atoms with Crippen LogP contribution in [0.15, 0.2) is 36.7 Å². The third-order valence-electron chi connectivity index (χ3n) is 6.85. The number of pyridine rings is 1. The van der Waals surface area contributed by atoms with Crippen LogP contribution in [-0.2, 0) is 0 Å². The van der Waals surface area contributed by atoms with Crippen LogP contribution in [0, 0.1) is 5.82 Å². The van der Waals surface area contributed by atoms with Crippen LogP contribution >= 0.6 is 0 Å². The molecule has 7 heteroatoms. The third-order valence-corrected chi connectivity index (χ3v) is 6.85. The van der Waals surface area contributed by atoms with Gasteiger partial charge in [0.2, 0.25) is 0 Å².